The lowest BCUT2D eigenvalue weighted by molar-refractivity contribution is -0.136. The third-order valence-electron chi connectivity index (χ3n) is 2.85. The quantitative estimate of drug-likeness (QED) is 0.796. The second-order valence-electron chi connectivity index (χ2n) is 4.11. The lowest BCUT2D eigenvalue weighted by Gasteiger charge is -2.13. The second-order valence-corrected chi connectivity index (χ2v) is 4.11. The summed E-state index contributed by atoms with van der Waals surface area (Å²) in [6, 6.07) is 0. The monoisotopic (exact) mass is 221 g/mol. The molecule has 1 heterocycles. The van der Waals surface area contributed by atoms with Gasteiger partial charge in [-0.05, 0) is 26.2 Å². The summed E-state index contributed by atoms with van der Waals surface area (Å²) in [5.74, 6) is 0.766. The average molecular weight is 221 g/mol. The van der Waals surface area contributed by atoms with Crippen LogP contribution in [-0.4, -0.2) is 16.1 Å². The van der Waals surface area contributed by atoms with Crippen LogP contribution in [0.5, 0.6) is 0 Å². The number of hydrogen-bond acceptors (Lipinski definition) is 3. The Bertz CT molecular complexity index is 420. The summed E-state index contributed by atoms with van der Waals surface area (Å²) >= 11 is 0. The Kier molecular flexibility index (Phi) is 3.08. The van der Waals surface area contributed by atoms with Crippen LogP contribution in [-0.2, 0) is 11.2 Å². The van der Waals surface area contributed by atoms with Gasteiger partial charge in [0.25, 0.3) is 0 Å². The number of aryl methyl sites for hydroxylation is 1. The molecule has 1 aliphatic rings. The Morgan fingerprint density at radius 2 is 2.44 bits per heavy atom. The molecular weight excluding hydrogens is 206 g/mol. The summed E-state index contributed by atoms with van der Waals surface area (Å²) in [6.07, 6.45) is 7.24. The van der Waals surface area contributed by atoms with Crippen LogP contribution in [0.3, 0.4) is 0 Å². The maximum absolute atomic E-state index is 10.6. The first-order chi connectivity index (χ1) is 7.66. The van der Waals surface area contributed by atoms with E-state index in [1.54, 1.807) is 6.92 Å². The molecule has 4 heteroatoms. The Morgan fingerprint density at radius 3 is 3.06 bits per heavy atom. The first kappa shape index (κ1) is 10.9. The standard InChI is InChI=1S/C12H15NO3/c1-8-10(7-11(14)15)13-12(16-8)9-5-3-2-4-6-9/h2-3,9H,4-7H2,1H3,(H,14,15). The molecule has 1 aliphatic carbocycles. The van der Waals surface area contributed by atoms with Crippen LogP contribution in [0.15, 0.2) is 16.6 Å². The molecular formula is C12H15NO3. The molecule has 0 spiro atoms. The molecule has 1 aromatic heterocycles. The smallest absolute Gasteiger partial charge is 0.309 e. The van der Waals surface area contributed by atoms with Crippen molar-refractivity contribution in [1.29, 1.82) is 0 Å². The molecule has 1 atom stereocenters. The molecule has 1 unspecified atom stereocenters. The third kappa shape index (κ3) is 2.32. The lowest BCUT2D eigenvalue weighted by Crippen LogP contribution is -2.04. The van der Waals surface area contributed by atoms with Gasteiger partial charge >= 0.3 is 5.97 Å². The summed E-state index contributed by atoms with van der Waals surface area (Å²) < 4.78 is 5.55. The predicted octanol–water partition coefficient (Wildman–Crippen LogP) is 2.43. The van der Waals surface area contributed by atoms with Crippen LogP contribution < -0.4 is 0 Å². The normalized spacial score (nSPS) is 19.9. The van der Waals surface area contributed by atoms with E-state index in [0.717, 1.165) is 19.3 Å². The molecule has 0 bridgehead atoms. The zero-order valence-electron chi connectivity index (χ0n) is 9.27. The van der Waals surface area contributed by atoms with Crippen molar-refractivity contribution in [2.45, 2.75) is 38.5 Å². The van der Waals surface area contributed by atoms with Crippen molar-refractivity contribution in [2.75, 3.05) is 0 Å². The highest BCUT2D eigenvalue weighted by Gasteiger charge is 2.20. The van der Waals surface area contributed by atoms with Crippen LogP contribution in [0.4, 0.5) is 0 Å². The summed E-state index contributed by atoms with van der Waals surface area (Å²) in [7, 11) is 0. The molecule has 0 fully saturated rings. The zero-order chi connectivity index (χ0) is 11.5. The van der Waals surface area contributed by atoms with Crippen LogP contribution >= 0.6 is 0 Å². The van der Waals surface area contributed by atoms with E-state index >= 15 is 0 Å². The number of hydrogen-bond donors (Lipinski definition) is 1. The molecule has 1 N–H and O–H groups in total. The van der Waals surface area contributed by atoms with Crippen LogP contribution in [0.1, 0.15) is 42.5 Å². The van der Waals surface area contributed by atoms with Gasteiger partial charge in [0, 0.05) is 5.92 Å². The fraction of sp³-hybridized carbons (Fsp3) is 0.500. The van der Waals surface area contributed by atoms with Gasteiger partial charge < -0.3 is 9.52 Å². The number of rotatable bonds is 3. The lowest BCUT2D eigenvalue weighted by atomic mass is 9.94. The number of aromatic nitrogens is 1. The number of carboxylic acid groups (broad SMARTS) is 1. The van der Waals surface area contributed by atoms with E-state index in [2.05, 4.69) is 17.1 Å². The van der Waals surface area contributed by atoms with Gasteiger partial charge in [-0.1, -0.05) is 12.2 Å². The highest BCUT2D eigenvalue weighted by atomic mass is 16.4. The third-order valence-corrected chi connectivity index (χ3v) is 2.85. The Hall–Kier alpha value is -1.58. The van der Waals surface area contributed by atoms with Gasteiger partial charge in [0.1, 0.15) is 5.76 Å². The minimum absolute atomic E-state index is 0.0576. The minimum atomic E-state index is -0.869. The van der Waals surface area contributed by atoms with Gasteiger partial charge in [0.05, 0.1) is 12.1 Å². The van der Waals surface area contributed by atoms with E-state index in [1.807, 2.05) is 0 Å². The fourth-order valence-electron chi connectivity index (χ4n) is 1.95. The van der Waals surface area contributed by atoms with Crippen LogP contribution in [0, 0.1) is 6.92 Å². The van der Waals surface area contributed by atoms with Crippen molar-refractivity contribution in [3.05, 3.63) is 29.5 Å². The largest absolute Gasteiger partial charge is 0.481 e. The first-order valence-corrected chi connectivity index (χ1v) is 5.50. The Morgan fingerprint density at radius 1 is 1.62 bits per heavy atom. The first-order valence-electron chi connectivity index (χ1n) is 5.50. The molecule has 0 amide bonds. The van der Waals surface area contributed by atoms with Crippen molar-refractivity contribution >= 4 is 5.97 Å². The van der Waals surface area contributed by atoms with Crippen molar-refractivity contribution in [3.63, 3.8) is 0 Å². The summed E-state index contributed by atoms with van der Waals surface area (Å²) in [5, 5.41) is 8.72. The van der Waals surface area contributed by atoms with Gasteiger partial charge in [-0.3, -0.25) is 4.79 Å². The van der Waals surface area contributed by atoms with E-state index in [4.69, 9.17) is 9.52 Å². The van der Waals surface area contributed by atoms with E-state index in [0.29, 0.717) is 23.3 Å². The average Bonchev–Trinajstić information content (AvgIpc) is 2.61. The fourth-order valence-corrected chi connectivity index (χ4v) is 1.95. The van der Waals surface area contributed by atoms with E-state index in [-0.39, 0.29) is 6.42 Å². The van der Waals surface area contributed by atoms with Gasteiger partial charge in [-0.2, -0.15) is 0 Å². The van der Waals surface area contributed by atoms with Gasteiger partial charge in [-0.15, -0.1) is 0 Å². The van der Waals surface area contributed by atoms with Crippen molar-refractivity contribution in [1.82, 2.24) is 4.98 Å². The van der Waals surface area contributed by atoms with Crippen LogP contribution in [0.25, 0.3) is 0 Å². The SMILES string of the molecule is Cc1oc(C2CC=CCC2)nc1CC(=O)O. The Balaban J connectivity index is 2.16. The molecule has 0 radical (unpaired) electrons. The Labute approximate surface area is 94.0 Å². The maximum Gasteiger partial charge on any atom is 0.309 e. The van der Waals surface area contributed by atoms with Gasteiger partial charge in [0.2, 0.25) is 0 Å². The summed E-state index contributed by atoms with van der Waals surface area (Å²) in [5.41, 5.74) is 0.553. The summed E-state index contributed by atoms with van der Waals surface area (Å²) in [6.45, 7) is 1.77. The highest BCUT2D eigenvalue weighted by molar-refractivity contribution is 5.69. The molecule has 0 saturated heterocycles. The van der Waals surface area contributed by atoms with E-state index in [1.165, 1.54) is 0 Å². The maximum atomic E-state index is 10.6. The van der Waals surface area contributed by atoms with E-state index in [9.17, 15) is 4.79 Å². The van der Waals surface area contributed by atoms with E-state index < -0.39 is 5.97 Å². The minimum Gasteiger partial charge on any atom is -0.481 e. The highest BCUT2D eigenvalue weighted by Crippen LogP contribution is 2.29. The number of nitrogens with zero attached hydrogens (tertiary/aromatic N) is 1. The molecule has 16 heavy (non-hydrogen) atoms. The molecule has 0 aromatic carbocycles. The summed E-state index contributed by atoms with van der Waals surface area (Å²) in [4.78, 5) is 14.9. The molecule has 2 rings (SSSR count). The molecule has 0 saturated carbocycles. The predicted molar refractivity (Wildman–Crippen MR) is 58.3 cm³/mol. The molecule has 1 aromatic rings. The number of aliphatic carboxylic acids is 1. The molecule has 0 aliphatic heterocycles. The van der Waals surface area contributed by atoms with Gasteiger partial charge in [0.15, 0.2) is 5.89 Å². The van der Waals surface area contributed by atoms with Crippen molar-refractivity contribution in [2.24, 2.45) is 0 Å². The number of oxazole rings is 1. The van der Waals surface area contributed by atoms with Gasteiger partial charge in [-0.25, -0.2) is 4.98 Å². The van der Waals surface area contributed by atoms with Crippen molar-refractivity contribution < 1.29 is 14.3 Å². The topological polar surface area (TPSA) is 63.3 Å². The number of carboxylic acids is 1. The molecule has 86 valence electrons. The van der Waals surface area contributed by atoms with Crippen molar-refractivity contribution in [3.8, 4) is 0 Å². The number of carbonyl (C=O) groups is 1. The number of allylic oxidation sites excluding steroid dienone is 2. The second kappa shape index (κ2) is 4.51. The zero-order valence-corrected chi connectivity index (χ0v) is 9.27. The van der Waals surface area contributed by atoms with Crippen LogP contribution in [0.2, 0.25) is 0 Å². The molecule has 4 nitrogen and oxygen atoms in total.